The maximum atomic E-state index is 6.58. The van der Waals surface area contributed by atoms with Crippen LogP contribution in [0.15, 0.2) is 362 Å². The number of para-hydroxylation sites is 3. The zero-order chi connectivity index (χ0) is 62.1. The first kappa shape index (κ1) is 54.7. The van der Waals surface area contributed by atoms with Crippen molar-refractivity contribution in [3.63, 3.8) is 0 Å². The van der Waals surface area contributed by atoms with Gasteiger partial charge >= 0.3 is 0 Å². The van der Waals surface area contributed by atoms with Gasteiger partial charge in [-0.3, -0.25) is 0 Å². The summed E-state index contributed by atoms with van der Waals surface area (Å²) in [6.45, 7) is -0.264. The van der Waals surface area contributed by atoms with E-state index in [4.69, 9.17) is 4.42 Å². The van der Waals surface area contributed by atoms with E-state index < -0.39 is 0 Å². The first-order valence-corrected chi connectivity index (χ1v) is 32.4. The number of hydrogen-bond acceptors (Lipinski definition) is 3. The third kappa shape index (κ3) is 9.37. The molecule has 0 saturated heterocycles. The molecular formula is C90H59BN2O. The molecule has 0 spiro atoms. The summed E-state index contributed by atoms with van der Waals surface area (Å²) in [6.07, 6.45) is 0. The monoisotopic (exact) mass is 1190 g/mol. The van der Waals surface area contributed by atoms with Crippen LogP contribution in [-0.4, -0.2) is 6.71 Å². The summed E-state index contributed by atoms with van der Waals surface area (Å²) < 4.78 is 6.58. The maximum absolute atomic E-state index is 6.58. The van der Waals surface area contributed by atoms with Crippen molar-refractivity contribution in [2.24, 2.45) is 0 Å². The first-order valence-electron chi connectivity index (χ1n) is 32.4. The fourth-order valence-electron chi connectivity index (χ4n) is 14.9. The Kier molecular flexibility index (Phi) is 13.3. The van der Waals surface area contributed by atoms with Crippen LogP contribution in [0.25, 0.3) is 122 Å². The van der Waals surface area contributed by atoms with Gasteiger partial charge in [-0.25, -0.2) is 0 Å². The standard InChI is InChI=1S/C90H59BN2O/c1-8-26-60(27-9-1)68-46-49-82-80(56-68)91-81-57-69(72-53-70(61-28-10-2-11-29-61)52-71(54-72)62-30-12-3-13-31-62)47-50-83(81)93(90-76(65-36-18-6-19-37-65)43-25-44-77(90)66-38-20-7-21-39-66)85-59-73(67-48-51-87-79(55-67)78-40-22-23-45-86(78)94-87)58-84(88(85)91)92(82)89-74(63-32-14-4-15-33-63)41-24-42-75(89)64-34-16-5-17-35-64/h1-59H. The molecule has 0 saturated carbocycles. The lowest BCUT2D eigenvalue weighted by atomic mass is 9.33. The van der Waals surface area contributed by atoms with E-state index in [1.165, 1.54) is 38.6 Å². The molecule has 3 heterocycles. The average molecular weight is 1200 g/mol. The zero-order valence-corrected chi connectivity index (χ0v) is 51.4. The molecular weight excluding hydrogens is 1140 g/mol. The maximum Gasteiger partial charge on any atom is 0.252 e. The second-order valence-electron chi connectivity index (χ2n) is 24.7. The first-order chi connectivity index (χ1) is 46.6. The van der Waals surface area contributed by atoms with Crippen molar-refractivity contribution in [1.29, 1.82) is 0 Å². The van der Waals surface area contributed by atoms with E-state index in [-0.39, 0.29) is 6.71 Å². The van der Waals surface area contributed by atoms with Crippen LogP contribution in [0.4, 0.5) is 34.1 Å². The van der Waals surface area contributed by atoms with Gasteiger partial charge in [-0.2, -0.15) is 0 Å². The topological polar surface area (TPSA) is 19.6 Å². The lowest BCUT2D eigenvalue weighted by Crippen LogP contribution is -2.61. The summed E-state index contributed by atoms with van der Waals surface area (Å²) in [4.78, 5) is 5.29. The molecule has 438 valence electrons. The summed E-state index contributed by atoms with van der Waals surface area (Å²) in [5.74, 6) is 0. The van der Waals surface area contributed by atoms with Crippen LogP contribution in [0, 0.1) is 0 Å². The predicted octanol–water partition coefficient (Wildman–Crippen LogP) is 22.7. The molecule has 0 aliphatic carbocycles. The van der Waals surface area contributed by atoms with Crippen LogP contribution in [0.5, 0.6) is 0 Å². The molecule has 0 radical (unpaired) electrons. The number of furan rings is 1. The van der Waals surface area contributed by atoms with Crippen molar-refractivity contribution in [2.75, 3.05) is 9.80 Å². The predicted molar refractivity (Wildman–Crippen MR) is 397 cm³/mol. The van der Waals surface area contributed by atoms with Gasteiger partial charge in [0, 0.05) is 55.8 Å². The van der Waals surface area contributed by atoms with E-state index in [9.17, 15) is 0 Å². The molecule has 1 aromatic heterocycles. The lowest BCUT2D eigenvalue weighted by molar-refractivity contribution is 0.669. The number of nitrogens with zero attached hydrogens (tertiary/aromatic N) is 2. The number of fused-ring (bicyclic) bond motifs is 7. The van der Waals surface area contributed by atoms with Gasteiger partial charge in [0.2, 0.25) is 0 Å². The molecule has 2 aliphatic heterocycles. The molecule has 3 nitrogen and oxygen atoms in total. The van der Waals surface area contributed by atoms with E-state index in [1.54, 1.807) is 0 Å². The van der Waals surface area contributed by atoms with Gasteiger partial charge in [0.05, 0.1) is 11.4 Å². The Bertz CT molecular complexity index is 5350. The van der Waals surface area contributed by atoms with Crippen molar-refractivity contribution in [3.05, 3.63) is 358 Å². The molecule has 4 heteroatoms. The molecule has 0 amide bonds. The molecule has 16 aromatic rings. The number of hydrogen-bond donors (Lipinski definition) is 0. The van der Waals surface area contributed by atoms with Gasteiger partial charge in [0.15, 0.2) is 0 Å². The van der Waals surface area contributed by atoms with Gasteiger partial charge < -0.3 is 14.2 Å². The Morgan fingerprint density at radius 1 is 0.202 bits per heavy atom. The van der Waals surface area contributed by atoms with Crippen molar-refractivity contribution < 1.29 is 4.42 Å². The molecule has 0 fully saturated rings. The Hall–Kier alpha value is -12.2. The lowest BCUT2D eigenvalue weighted by Gasteiger charge is -2.46. The third-order valence-corrected chi connectivity index (χ3v) is 19.2. The summed E-state index contributed by atoms with van der Waals surface area (Å²) in [5, 5.41) is 2.17. The number of benzene rings is 15. The zero-order valence-electron chi connectivity index (χ0n) is 51.4. The smallest absolute Gasteiger partial charge is 0.252 e. The minimum atomic E-state index is -0.264. The molecule has 0 N–H and O–H groups in total. The van der Waals surface area contributed by atoms with Crippen molar-refractivity contribution in [2.45, 2.75) is 0 Å². The Morgan fingerprint density at radius 2 is 0.521 bits per heavy atom. The van der Waals surface area contributed by atoms with Crippen LogP contribution >= 0.6 is 0 Å². The van der Waals surface area contributed by atoms with E-state index in [0.29, 0.717) is 0 Å². The summed E-state index contributed by atoms with van der Waals surface area (Å²) >= 11 is 0. The van der Waals surface area contributed by atoms with E-state index >= 15 is 0 Å². The molecule has 94 heavy (non-hydrogen) atoms. The second-order valence-corrected chi connectivity index (χ2v) is 24.7. The normalized spacial score (nSPS) is 12.2. The highest BCUT2D eigenvalue weighted by molar-refractivity contribution is 7.00. The van der Waals surface area contributed by atoms with Crippen LogP contribution in [0.3, 0.4) is 0 Å². The quantitative estimate of drug-likeness (QED) is 0.120. The average Bonchev–Trinajstić information content (AvgIpc) is 0.959. The second kappa shape index (κ2) is 22.9. The van der Waals surface area contributed by atoms with Crippen molar-refractivity contribution >= 4 is 79.2 Å². The number of rotatable bonds is 11. The molecule has 0 unspecified atom stereocenters. The highest BCUT2D eigenvalue weighted by atomic mass is 16.3. The number of anilines is 6. The molecule has 18 rings (SSSR count). The van der Waals surface area contributed by atoms with E-state index in [2.05, 4.69) is 368 Å². The van der Waals surface area contributed by atoms with E-state index in [1.807, 2.05) is 0 Å². The summed E-state index contributed by atoms with van der Waals surface area (Å²) in [7, 11) is 0. The van der Waals surface area contributed by atoms with Crippen molar-refractivity contribution in [1.82, 2.24) is 0 Å². The van der Waals surface area contributed by atoms with Gasteiger partial charge in [0.1, 0.15) is 11.2 Å². The molecule has 0 bridgehead atoms. The third-order valence-electron chi connectivity index (χ3n) is 19.2. The molecule has 15 aromatic carbocycles. The fraction of sp³-hybridized carbons (Fsp3) is 0. The minimum Gasteiger partial charge on any atom is -0.456 e. The van der Waals surface area contributed by atoms with Gasteiger partial charge in [-0.05, 0) is 155 Å². The van der Waals surface area contributed by atoms with E-state index in [0.717, 1.165) is 134 Å². The summed E-state index contributed by atoms with van der Waals surface area (Å²) in [5.41, 5.74) is 32.5. The highest BCUT2D eigenvalue weighted by Gasteiger charge is 2.46. The van der Waals surface area contributed by atoms with Crippen LogP contribution in [0.2, 0.25) is 0 Å². The molecule has 0 atom stereocenters. The Balaban J connectivity index is 1.01. The summed E-state index contributed by atoms with van der Waals surface area (Å²) in [6, 6.07) is 132. The van der Waals surface area contributed by atoms with Crippen LogP contribution in [-0.2, 0) is 0 Å². The van der Waals surface area contributed by atoms with Crippen molar-refractivity contribution in [3.8, 4) is 100 Å². The van der Waals surface area contributed by atoms with Gasteiger partial charge in [0.25, 0.3) is 6.71 Å². The Morgan fingerprint density at radius 3 is 0.947 bits per heavy atom. The fourth-order valence-corrected chi connectivity index (χ4v) is 14.9. The molecule has 2 aliphatic rings. The SMILES string of the molecule is c1ccc(-c2cc(-c3ccccc3)cc(-c3ccc4c(c3)B3c5cc(-c6ccccc6)ccc5N(c5c(-c6ccccc6)cccc5-c5ccccc5)c5cc(-c6ccc7oc8ccccc8c7c6)cc(c53)N4c3c(-c4ccccc4)cccc3-c3ccccc3)c2)cc1. The van der Waals surface area contributed by atoms with Gasteiger partial charge in [-0.1, -0.05) is 297 Å². The minimum absolute atomic E-state index is 0.264. The van der Waals surface area contributed by atoms with Crippen LogP contribution < -0.4 is 26.2 Å². The highest BCUT2D eigenvalue weighted by Crippen LogP contribution is 2.54. The van der Waals surface area contributed by atoms with Gasteiger partial charge in [-0.15, -0.1) is 0 Å². The largest absolute Gasteiger partial charge is 0.456 e. The Labute approximate surface area is 548 Å². The van der Waals surface area contributed by atoms with Crippen LogP contribution in [0.1, 0.15) is 0 Å².